The molecule has 15 heteroatoms. The zero-order valence-electron chi connectivity index (χ0n) is 32.9. The second-order valence-corrected chi connectivity index (χ2v) is 14.4. The van der Waals surface area contributed by atoms with Crippen molar-refractivity contribution < 1.29 is 38.6 Å². The van der Waals surface area contributed by atoms with Crippen LogP contribution >= 0.6 is 0 Å². The first-order valence-corrected chi connectivity index (χ1v) is 19.9. The minimum absolute atomic E-state index is 0.0652. The van der Waals surface area contributed by atoms with Gasteiger partial charge in [0, 0.05) is 55.5 Å². The second kappa shape index (κ2) is 19.8. The molecule has 4 aromatic rings. The maximum Gasteiger partial charge on any atom is 0.261 e. The Morgan fingerprint density at radius 1 is 0.914 bits per heavy atom. The van der Waals surface area contributed by atoms with E-state index in [1.165, 1.54) is 0 Å². The number of rotatable bonds is 20. The molecule has 0 aliphatic carbocycles. The highest BCUT2D eigenvalue weighted by molar-refractivity contribution is 6.09. The molecule has 2 atom stereocenters. The van der Waals surface area contributed by atoms with Gasteiger partial charge in [-0.2, -0.15) is 0 Å². The lowest BCUT2D eigenvalue weighted by Crippen LogP contribution is -2.53. The summed E-state index contributed by atoms with van der Waals surface area (Å²) in [6.07, 6.45) is 8.67. The van der Waals surface area contributed by atoms with Crippen LogP contribution in [-0.2, 0) is 14.4 Å². The molecule has 306 valence electrons. The largest absolute Gasteiger partial charge is 0.495 e. The fourth-order valence-electron chi connectivity index (χ4n) is 7.35. The summed E-state index contributed by atoms with van der Waals surface area (Å²) >= 11 is 0. The van der Waals surface area contributed by atoms with Crippen molar-refractivity contribution in [3.05, 3.63) is 83.6 Å². The Morgan fingerprint density at radius 2 is 1.64 bits per heavy atom. The van der Waals surface area contributed by atoms with Gasteiger partial charge in [-0.1, -0.05) is 68.9 Å². The van der Waals surface area contributed by atoms with Gasteiger partial charge in [-0.15, -0.1) is 0 Å². The second-order valence-electron chi connectivity index (χ2n) is 14.4. The van der Waals surface area contributed by atoms with E-state index in [0.717, 1.165) is 79.6 Å². The fraction of sp³-hybridized carbons (Fsp3) is 0.395. The van der Waals surface area contributed by atoms with Crippen LogP contribution in [0.5, 0.6) is 11.5 Å². The Labute approximate surface area is 337 Å². The predicted molar refractivity (Wildman–Crippen MR) is 219 cm³/mol. The number of anilines is 3. The van der Waals surface area contributed by atoms with Gasteiger partial charge in [-0.3, -0.25) is 39.2 Å². The fourth-order valence-corrected chi connectivity index (χ4v) is 7.35. The molecule has 5 amide bonds. The molecule has 3 heterocycles. The summed E-state index contributed by atoms with van der Waals surface area (Å²) in [5.74, 6) is -1.36. The lowest BCUT2D eigenvalue weighted by Gasteiger charge is -2.31. The number of para-hydroxylation sites is 1. The number of aromatic nitrogens is 1. The van der Waals surface area contributed by atoms with E-state index in [2.05, 4.69) is 31.6 Å². The van der Waals surface area contributed by atoms with Gasteiger partial charge in [0.1, 0.15) is 17.5 Å². The molecule has 3 aromatic carbocycles. The van der Waals surface area contributed by atoms with E-state index in [-0.39, 0.29) is 48.1 Å². The molecule has 2 aliphatic rings. The first kappa shape index (κ1) is 41.4. The average molecular weight is 794 g/mol. The van der Waals surface area contributed by atoms with Crippen molar-refractivity contribution in [2.75, 3.05) is 44.5 Å². The first-order chi connectivity index (χ1) is 28.2. The standard InChI is InChI=1S/C43H51N7O8/c1-44-40(53)30-25-47-31-24-35(57-2)32(23-29(31)39(30)48-27-15-10-9-11-16-27)45-21-12-7-5-3-4-6-8-13-22-46-37(52)26-58-34-18-14-17-28-38(34)43(56)50(42(28)55)33-19-20-36(51)49-41(33)54/h9-11,14-18,23-25,33,42,45,55H,3-8,12-13,19-22,26H2,1-2H3,(H,44,53)(H,46,52)(H,47,48)(H,49,51,54). The van der Waals surface area contributed by atoms with Gasteiger partial charge >= 0.3 is 0 Å². The first-order valence-electron chi connectivity index (χ1n) is 19.9. The van der Waals surface area contributed by atoms with E-state index in [4.69, 9.17) is 9.47 Å². The number of fused-ring (bicyclic) bond motifs is 2. The number of hydrogen-bond acceptors (Lipinski definition) is 11. The number of unbranched alkanes of at least 4 members (excludes halogenated alkanes) is 7. The van der Waals surface area contributed by atoms with Crippen LogP contribution in [0.1, 0.15) is 96.7 Å². The Bertz CT molecular complexity index is 2130. The van der Waals surface area contributed by atoms with Crippen molar-refractivity contribution >= 4 is 57.5 Å². The number of imide groups is 1. The quantitative estimate of drug-likeness (QED) is 0.0500. The molecule has 6 N–H and O–H groups in total. The highest BCUT2D eigenvalue weighted by Crippen LogP contribution is 2.40. The minimum atomic E-state index is -1.37. The number of carbonyl (C=O) groups is 5. The van der Waals surface area contributed by atoms with E-state index in [0.29, 0.717) is 29.1 Å². The highest BCUT2D eigenvalue weighted by atomic mass is 16.5. The summed E-state index contributed by atoms with van der Waals surface area (Å²) in [4.78, 5) is 68.2. The minimum Gasteiger partial charge on any atom is -0.495 e. The zero-order valence-corrected chi connectivity index (χ0v) is 32.9. The van der Waals surface area contributed by atoms with Crippen LogP contribution in [0.4, 0.5) is 17.1 Å². The zero-order chi connectivity index (χ0) is 41.0. The summed E-state index contributed by atoms with van der Waals surface area (Å²) < 4.78 is 11.4. The smallest absolute Gasteiger partial charge is 0.261 e. The maximum absolute atomic E-state index is 13.3. The molecule has 58 heavy (non-hydrogen) atoms. The number of aliphatic hydroxyl groups excluding tert-OH is 1. The number of piperidine rings is 1. The van der Waals surface area contributed by atoms with E-state index in [1.807, 2.05) is 42.5 Å². The van der Waals surface area contributed by atoms with E-state index < -0.39 is 30.0 Å². The average Bonchev–Trinajstić information content (AvgIpc) is 3.49. The van der Waals surface area contributed by atoms with E-state index >= 15 is 0 Å². The van der Waals surface area contributed by atoms with Gasteiger partial charge in [0.15, 0.2) is 12.8 Å². The highest BCUT2D eigenvalue weighted by Gasteiger charge is 2.45. The number of amides is 5. The van der Waals surface area contributed by atoms with Crippen molar-refractivity contribution in [2.45, 2.75) is 76.5 Å². The lowest BCUT2D eigenvalue weighted by atomic mass is 10.0. The van der Waals surface area contributed by atoms with Gasteiger partial charge in [0.2, 0.25) is 11.8 Å². The summed E-state index contributed by atoms with van der Waals surface area (Å²) in [6, 6.07) is 17.3. The van der Waals surface area contributed by atoms with Crippen molar-refractivity contribution in [1.29, 1.82) is 0 Å². The van der Waals surface area contributed by atoms with Crippen molar-refractivity contribution in [3.63, 3.8) is 0 Å². The Morgan fingerprint density at radius 3 is 2.34 bits per heavy atom. The summed E-state index contributed by atoms with van der Waals surface area (Å²) in [6.45, 7) is 0.969. The molecule has 1 saturated heterocycles. The Kier molecular flexibility index (Phi) is 14.1. The van der Waals surface area contributed by atoms with Crippen LogP contribution in [0.3, 0.4) is 0 Å². The number of nitrogens with zero attached hydrogens (tertiary/aromatic N) is 2. The SMILES string of the molecule is CNC(=O)c1cnc2cc(OC)c(NCCCCCCCCCCNC(=O)COc3cccc4c3C(=O)N(C3CCC(=O)NC3=O)C4O)cc2c1Nc1ccccc1. The van der Waals surface area contributed by atoms with Crippen molar-refractivity contribution in [2.24, 2.45) is 0 Å². The monoisotopic (exact) mass is 793 g/mol. The number of nitrogens with one attached hydrogen (secondary N) is 5. The van der Waals surface area contributed by atoms with Gasteiger partial charge in [0.05, 0.1) is 35.1 Å². The van der Waals surface area contributed by atoms with Crippen LogP contribution in [0.25, 0.3) is 10.9 Å². The van der Waals surface area contributed by atoms with Crippen LogP contribution < -0.4 is 36.1 Å². The molecule has 2 unspecified atom stereocenters. The third-order valence-corrected chi connectivity index (χ3v) is 10.4. The van der Waals surface area contributed by atoms with E-state index in [1.54, 1.807) is 38.6 Å². The summed E-state index contributed by atoms with van der Waals surface area (Å²) in [7, 11) is 3.23. The predicted octanol–water partition coefficient (Wildman–Crippen LogP) is 5.33. The Hall–Kier alpha value is -6.22. The molecular weight excluding hydrogens is 743 g/mol. The number of methoxy groups -OCH3 is 1. The van der Waals surface area contributed by atoms with Gasteiger partial charge in [-0.05, 0) is 43.5 Å². The molecule has 15 nitrogen and oxygen atoms in total. The third-order valence-electron chi connectivity index (χ3n) is 10.4. The summed E-state index contributed by atoms with van der Waals surface area (Å²) in [5, 5.41) is 26.4. The third kappa shape index (κ3) is 9.83. The van der Waals surface area contributed by atoms with Gasteiger partial charge in [-0.25, -0.2) is 0 Å². The topological polar surface area (TPSA) is 200 Å². The molecule has 0 saturated carbocycles. The number of pyridine rings is 1. The Balaban J connectivity index is 0.869. The van der Waals surface area contributed by atoms with Crippen molar-refractivity contribution in [3.8, 4) is 11.5 Å². The van der Waals surface area contributed by atoms with Crippen molar-refractivity contribution in [1.82, 2.24) is 25.8 Å². The number of aliphatic hydroxyl groups is 1. The molecule has 0 radical (unpaired) electrons. The van der Waals surface area contributed by atoms with Crippen LogP contribution in [0, 0.1) is 0 Å². The normalized spacial score (nSPS) is 16.1. The molecule has 0 bridgehead atoms. The molecule has 6 rings (SSSR count). The molecule has 1 fully saturated rings. The lowest BCUT2D eigenvalue weighted by molar-refractivity contribution is -0.139. The van der Waals surface area contributed by atoms with Crippen LogP contribution in [0.2, 0.25) is 0 Å². The molecule has 0 spiro atoms. The van der Waals surface area contributed by atoms with Gasteiger partial charge < -0.3 is 35.8 Å². The molecule has 2 aliphatic heterocycles. The number of hydrogen-bond donors (Lipinski definition) is 6. The molecular formula is C43H51N7O8. The van der Waals surface area contributed by atoms with Gasteiger partial charge in [0.25, 0.3) is 17.7 Å². The van der Waals surface area contributed by atoms with Crippen LogP contribution in [-0.4, -0.2) is 84.4 Å². The summed E-state index contributed by atoms with van der Waals surface area (Å²) in [5.41, 5.74) is 3.91. The maximum atomic E-state index is 13.3. The number of benzene rings is 3. The van der Waals surface area contributed by atoms with E-state index in [9.17, 15) is 29.1 Å². The molecule has 1 aromatic heterocycles. The number of ether oxygens (including phenoxy) is 2. The number of carbonyl (C=O) groups excluding carboxylic acids is 5. The van der Waals surface area contributed by atoms with Crippen LogP contribution in [0.15, 0.2) is 66.9 Å².